The summed E-state index contributed by atoms with van der Waals surface area (Å²) in [5.41, 5.74) is 8.39. The first-order valence-electron chi connectivity index (χ1n) is 8.04. The number of furan rings is 1. The number of nitrogens with two attached hydrogens (primary N) is 1. The molecule has 1 aromatic carbocycles. The molecule has 25 heavy (non-hydrogen) atoms. The Morgan fingerprint density at radius 2 is 1.88 bits per heavy atom. The SMILES string of the molecule is Nc1cccc(COC/C=C/COCc2ccc(-c3ccn[nH]3)o2)c1. The molecular formula is C19H21N3O3. The van der Waals surface area contributed by atoms with Gasteiger partial charge in [0.25, 0.3) is 0 Å². The molecule has 0 aliphatic heterocycles. The predicted octanol–water partition coefficient (Wildman–Crippen LogP) is 3.54. The number of ether oxygens (including phenoxy) is 2. The molecule has 0 fully saturated rings. The maximum atomic E-state index is 5.72. The fraction of sp³-hybridized carbons (Fsp3) is 0.211. The average Bonchev–Trinajstić information content (AvgIpc) is 3.28. The van der Waals surface area contributed by atoms with Crippen LogP contribution in [-0.2, 0) is 22.7 Å². The molecule has 130 valence electrons. The molecule has 2 aromatic heterocycles. The first kappa shape index (κ1) is 17.0. The molecule has 0 amide bonds. The van der Waals surface area contributed by atoms with Crippen LogP contribution >= 0.6 is 0 Å². The molecule has 0 radical (unpaired) electrons. The van der Waals surface area contributed by atoms with Crippen molar-refractivity contribution in [3.8, 4) is 11.5 Å². The Morgan fingerprint density at radius 1 is 1.04 bits per heavy atom. The molecule has 3 aromatic rings. The van der Waals surface area contributed by atoms with Crippen LogP contribution in [0.3, 0.4) is 0 Å². The summed E-state index contributed by atoms with van der Waals surface area (Å²) in [5, 5.41) is 6.76. The van der Waals surface area contributed by atoms with Gasteiger partial charge in [-0.05, 0) is 35.9 Å². The van der Waals surface area contributed by atoms with Gasteiger partial charge in [0.05, 0.1) is 19.8 Å². The van der Waals surface area contributed by atoms with Gasteiger partial charge in [-0.15, -0.1) is 0 Å². The minimum Gasteiger partial charge on any atom is -0.457 e. The number of anilines is 1. The Kier molecular flexibility index (Phi) is 6.03. The highest BCUT2D eigenvalue weighted by molar-refractivity contribution is 5.51. The highest BCUT2D eigenvalue weighted by Crippen LogP contribution is 2.19. The first-order chi connectivity index (χ1) is 12.3. The largest absolute Gasteiger partial charge is 0.457 e. The second-order valence-corrected chi connectivity index (χ2v) is 5.48. The van der Waals surface area contributed by atoms with Gasteiger partial charge in [-0.3, -0.25) is 5.10 Å². The number of rotatable bonds is 9. The van der Waals surface area contributed by atoms with Crippen molar-refractivity contribution in [3.63, 3.8) is 0 Å². The van der Waals surface area contributed by atoms with Crippen LogP contribution in [0.5, 0.6) is 0 Å². The van der Waals surface area contributed by atoms with E-state index in [1.54, 1.807) is 6.20 Å². The Morgan fingerprint density at radius 3 is 2.64 bits per heavy atom. The number of nitrogens with one attached hydrogen (secondary N) is 1. The van der Waals surface area contributed by atoms with Gasteiger partial charge in [0, 0.05) is 11.9 Å². The summed E-state index contributed by atoms with van der Waals surface area (Å²) in [7, 11) is 0. The van der Waals surface area contributed by atoms with E-state index in [-0.39, 0.29) is 0 Å². The van der Waals surface area contributed by atoms with Crippen LogP contribution in [0, 0.1) is 0 Å². The number of H-pyrrole nitrogens is 1. The van der Waals surface area contributed by atoms with Crippen molar-refractivity contribution < 1.29 is 13.9 Å². The highest BCUT2D eigenvalue weighted by Gasteiger charge is 2.05. The van der Waals surface area contributed by atoms with Crippen molar-refractivity contribution in [2.24, 2.45) is 0 Å². The summed E-state index contributed by atoms with van der Waals surface area (Å²) < 4.78 is 16.8. The third-order valence-corrected chi connectivity index (χ3v) is 3.49. The Bertz CT molecular complexity index is 794. The van der Waals surface area contributed by atoms with Crippen LogP contribution < -0.4 is 5.73 Å². The van der Waals surface area contributed by atoms with Crippen molar-refractivity contribution in [1.82, 2.24) is 10.2 Å². The molecule has 3 N–H and O–H groups in total. The van der Waals surface area contributed by atoms with Crippen molar-refractivity contribution in [2.75, 3.05) is 18.9 Å². The summed E-state index contributed by atoms with van der Waals surface area (Å²) in [4.78, 5) is 0. The van der Waals surface area contributed by atoms with Gasteiger partial charge in [0.1, 0.15) is 18.1 Å². The zero-order valence-corrected chi connectivity index (χ0v) is 13.9. The van der Waals surface area contributed by atoms with Gasteiger partial charge in [-0.2, -0.15) is 5.10 Å². The van der Waals surface area contributed by atoms with Crippen molar-refractivity contribution >= 4 is 5.69 Å². The molecular weight excluding hydrogens is 318 g/mol. The molecule has 0 bridgehead atoms. The number of aromatic nitrogens is 2. The predicted molar refractivity (Wildman–Crippen MR) is 95.6 cm³/mol. The van der Waals surface area contributed by atoms with Gasteiger partial charge in [0.2, 0.25) is 0 Å². The molecule has 0 spiro atoms. The zero-order chi connectivity index (χ0) is 17.3. The smallest absolute Gasteiger partial charge is 0.152 e. The topological polar surface area (TPSA) is 86.3 Å². The number of hydrogen-bond acceptors (Lipinski definition) is 5. The molecule has 0 unspecified atom stereocenters. The standard InChI is InChI=1S/C19H21N3O3/c20-16-5-3-4-15(12-16)13-23-10-1-2-11-24-14-17-6-7-19(25-17)18-8-9-21-22-18/h1-9,12H,10-11,13-14,20H2,(H,21,22)/b2-1+. The quantitative estimate of drug-likeness (QED) is 0.354. The Balaban J connectivity index is 1.30. The van der Waals surface area contributed by atoms with Crippen molar-refractivity contribution in [1.29, 1.82) is 0 Å². The van der Waals surface area contributed by atoms with Crippen molar-refractivity contribution in [3.05, 3.63) is 72.1 Å². The third kappa shape index (κ3) is 5.34. The van der Waals surface area contributed by atoms with E-state index < -0.39 is 0 Å². The minimum atomic E-state index is 0.419. The lowest BCUT2D eigenvalue weighted by Gasteiger charge is -2.02. The van der Waals surface area contributed by atoms with Gasteiger partial charge >= 0.3 is 0 Å². The molecule has 6 nitrogen and oxygen atoms in total. The summed E-state index contributed by atoms with van der Waals surface area (Å²) in [6, 6.07) is 13.3. The molecule has 0 atom stereocenters. The minimum absolute atomic E-state index is 0.419. The monoisotopic (exact) mass is 339 g/mol. The number of nitrogens with zero attached hydrogens (tertiary/aromatic N) is 1. The van der Waals surface area contributed by atoms with Gasteiger partial charge in [0.15, 0.2) is 5.76 Å². The average molecular weight is 339 g/mol. The van der Waals surface area contributed by atoms with Crippen LogP contribution in [-0.4, -0.2) is 23.4 Å². The molecule has 6 heteroatoms. The van der Waals surface area contributed by atoms with E-state index in [4.69, 9.17) is 19.6 Å². The lowest BCUT2D eigenvalue weighted by atomic mass is 10.2. The summed E-state index contributed by atoms with van der Waals surface area (Å²) in [6.45, 7) is 1.99. The maximum Gasteiger partial charge on any atom is 0.152 e. The zero-order valence-electron chi connectivity index (χ0n) is 13.9. The van der Waals surface area contributed by atoms with E-state index >= 15 is 0 Å². The lowest BCUT2D eigenvalue weighted by Crippen LogP contribution is -1.95. The van der Waals surface area contributed by atoms with E-state index in [1.807, 2.05) is 54.6 Å². The molecule has 0 aliphatic carbocycles. The van der Waals surface area contributed by atoms with E-state index in [0.717, 1.165) is 28.5 Å². The molecule has 2 heterocycles. The van der Waals surface area contributed by atoms with Crippen LogP contribution in [0.2, 0.25) is 0 Å². The van der Waals surface area contributed by atoms with Crippen molar-refractivity contribution in [2.45, 2.75) is 13.2 Å². The second-order valence-electron chi connectivity index (χ2n) is 5.48. The van der Waals surface area contributed by atoms with Crippen LogP contribution in [0.1, 0.15) is 11.3 Å². The summed E-state index contributed by atoms with van der Waals surface area (Å²) in [5.74, 6) is 1.53. The summed E-state index contributed by atoms with van der Waals surface area (Å²) in [6.07, 6.45) is 5.55. The normalized spacial score (nSPS) is 11.4. The number of nitrogen functional groups attached to an aromatic ring is 1. The van der Waals surface area contributed by atoms with Crippen LogP contribution in [0.4, 0.5) is 5.69 Å². The Labute approximate surface area is 146 Å². The third-order valence-electron chi connectivity index (χ3n) is 3.49. The van der Waals surface area contributed by atoms with E-state index in [9.17, 15) is 0 Å². The molecule has 0 saturated heterocycles. The van der Waals surface area contributed by atoms with Gasteiger partial charge in [-0.25, -0.2) is 0 Å². The Hall–Kier alpha value is -2.83. The summed E-state index contributed by atoms with van der Waals surface area (Å²) >= 11 is 0. The van der Waals surface area contributed by atoms with Crippen LogP contribution in [0.15, 0.2) is 65.2 Å². The molecule has 0 aliphatic rings. The number of aromatic amines is 1. The maximum absolute atomic E-state index is 5.72. The molecule has 3 rings (SSSR count). The van der Waals surface area contributed by atoms with Gasteiger partial charge in [-0.1, -0.05) is 24.3 Å². The second kappa shape index (κ2) is 8.86. The highest BCUT2D eigenvalue weighted by atomic mass is 16.5. The van der Waals surface area contributed by atoms with Crippen LogP contribution in [0.25, 0.3) is 11.5 Å². The van der Waals surface area contributed by atoms with E-state index in [0.29, 0.717) is 26.4 Å². The fourth-order valence-electron chi connectivity index (χ4n) is 2.28. The lowest BCUT2D eigenvalue weighted by molar-refractivity contribution is 0.129. The number of hydrogen-bond donors (Lipinski definition) is 2. The number of benzene rings is 1. The van der Waals surface area contributed by atoms with E-state index in [1.165, 1.54) is 0 Å². The fourth-order valence-corrected chi connectivity index (χ4v) is 2.28. The molecule has 0 saturated carbocycles. The van der Waals surface area contributed by atoms with E-state index in [2.05, 4.69) is 10.2 Å². The van der Waals surface area contributed by atoms with Gasteiger partial charge < -0.3 is 19.6 Å². The first-order valence-corrected chi connectivity index (χ1v) is 8.04.